The normalized spacial score (nSPS) is 11.9. The van der Waals surface area contributed by atoms with Crippen molar-refractivity contribution in [2.45, 2.75) is 104 Å². The van der Waals surface area contributed by atoms with Gasteiger partial charge in [0.1, 0.15) is 0 Å². The Morgan fingerprint density at radius 3 is 1.35 bits per heavy atom. The van der Waals surface area contributed by atoms with Crippen molar-refractivity contribution in [2.75, 3.05) is 0 Å². The molecule has 0 aromatic heterocycles. The minimum Gasteiger partial charge on any atom is -0.0845 e. The van der Waals surface area contributed by atoms with E-state index in [0.29, 0.717) is 0 Å². The maximum Gasteiger partial charge on any atom is -0.0348 e. The second kappa shape index (κ2) is 18.5. The van der Waals surface area contributed by atoms with E-state index in [1.54, 1.807) is 0 Å². The summed E-state index contributed by atoms with van der Waals surface area (Å²) in [6.45, 7) is 4.53. The summed E-state index contributed by atoms with van der Waals surface area (Å²) in [4.78, 5) is 0. The van der Waals surface area contributed by atoms with E-state index < -0.39 is 0 Å². The van der Waals surface area contributed by atoms with Gasteiger partial charge in [-0.1, -0.05) is 109 Å². The number of unbranched alkanes of at least 4 members (excludes halogenated alkanes) is 12. The smallest absolute Gasteiger partial charge is 0.0348 e. The van der Waals surface area contributed by atoms with E-state index in [1.165, 1.54) is 89.9 Å². The van der Waals surface area contributed by atoms with E-state index in [9.17, 15) is 0 Å². The summed E-state index contributed by atoms with van der Waals surface area (Å²) in [6.07, 6.45) is 28.5. The van der Waals surface area contributed by atoms with Crippen LogP contribution in [-0.2, 0) is 0 Å². The lowest BCUT2D eigenvalue weighted by atomic mass is 10.1. The fourth-order valence-electron chi connectivity index (χ4n) is 2.42. The topological polar surface area (TPSA) is 0 Å². The summed E-state index contributed by atoms with van der Waals surface area (Å²) in [5.74, 6) is 0. The van der Waals surface area contributed by atoms with Gasteiger partial charge in [-0.15, -0.1) is 0 Å². The highest BCUT2D eigenvalue weighted by atomic mass is 14.0. The van der Waals surface area contributed by atoms with Gasteiger partial charge in [-0.3, -0.25) is 0 Å². The molecule has 20 heavy (non-hydrogen) atoms. The van der Waals surface area contributed by atoms with Crippen molar-refractivity contribution < 1.29 is 0 Å². The molecule has 0 aromatic rings. The molecule has 0 atom stereocenters. The van der Waals surface area contributed by atoms with E-state index in [2.05, 4.69) is 38.2 Å². The molecule has 0 saturated carbocycles. The summed E-state index contributed by atoms with van der Waals surface area (Å²) < 4.78 is 0. The Bertz CT molecular complexity index is 212. The quantitative estimate of drug-likeness (QED) is 0.214. The second-order valence-corrected chi connectivity index (χ2v) is 5.97. The van der Waals surface area contributed by atoms with Crippen LogP contribution in [0.1, 0.15) is 104 Å². The fourth-order valence-corrected chi connectivity index (χ4v) is 2.42. The van der Waals surface area contributed by atoms with Crippen LogP contribution < -0.4 is 0 Å². The van der Waals surface area contributed by atoms with E-state index in [4.69, 9.17) is 0 Å². The molecular formula is C20H38. The van der Waals surface area contributed by atoms with E-state index in [-0.39, 0.29) is 0 Å². The Morgan fingerprint density at radius 2 is 0.850 bits per heavy atom. The molecule has 0 aliphatic rings. The van der Waals surface area contributed by atoms with E-state index >= 15 is 0 Å². The fraction of sp³-hybridized carbons (Fsp3) is 0.800. The Morgan fingerprint density at radius 1 is 0.450 bits per heavy atom. The number of rotatable bonds is 15. The molecular weight excluding hydrogens is 240 g/mol. The van der Waals surface area contributed by atoms with Crippen molar-refractivity contribution in [1.82, 2.24) is 0 Å². The van der Waals surface area contributed by atoms with Crippen molar-refractivity contribution >= 4 is 0 Å². The van der Waals surface area contributed by atoms with Gasteiger partial charge in [0.05, 0.1) is 0 Å². The third kappa shape index (κ3) is 17.5. The molecule has 0 N–H and O–H groups in total. The van der Waals surface area contributed by atoms with Crippen molar-refractivity contribution in [1.29, 1.82) is 0 Å². The molecule has 0 radical (unpaired) electrons. The highest BCUT2D eigenvalue weighted by Crippen LogP contribution is 2.11. The van der Waals surface area contributed by atoms with Gasteiger partial charge in [-0.2, -0.15) is 0 Å². The minimum absolute atomic E-state index is 1.24. The zero-order valence-corrected chi connectivity index (χ0v) is 14.2. The lowest BCUT2D eigenvalue weighted by Gasteiger charge is -2.01. The molecule has 0 aromatic carbocycles. The first-order chi connectivity index (χ1) is 9.91. The molecule has 0 heterocycles. The van der Waals surface area contributed by atoms with Gasteiger partial charge in [0.15, 0.2) is 0 Å². The molecule has 0 unspecified atom stereocenters. The van der Waals surface area contributed by atoms with Crippen LogP contribution in [0.15, 0.2) is 24.3 Å². The van der Waals surface area contributed by atoms with Gasteiger partial charge < -0.3 is 0 Å². The molecule has 0 nitrogen and oxygen atoms in total. The molecule has 0 saturated heterocycles. The van der Waals surface area contributed by atoms with Crippen LogP contribution in [0, 0.1) is 0 Å². The Labute approximate surface area is 128 Å². The van der Waals surface area contributed by atoms with Gasteiger partial charge in [-0.05, 0) is 19.3 Å². The van der Waals surface area contributed by atoms with Crippen LogP contribution in [0.2, 0.25) is 0 Å². The molecule has 0 fully saturated rings. The van der Waals surface area contributed by atoms with Crippen molar-refractivity contribution in [2.24, 2.45) is 0 Å². The highest BCUT2D eigenvalue weighted by Gasteiger charge is 1.91. The molecule has 0 aliphatic carbocycles. The summed E-state index contributed by atoms with van der Waals surface area (Å²) in [6, 6.07) is 0. The predicted molar refractivity (Wildman–Crippen MR) is 94.3 cm³/mol. The van der Waals surface area contributed by atoms with Gasteiger partial charge >= 0.3 is 0 Å². The molecule has 0 amide bonds. The van der Waals surface area contributed by atoms with Crippen LogP contribution in [0.3, 0.4) is 0 Å². The number of hydrogen-bond donors (Lipinski definition) is 0. The number of allylic oxidation sites excluding steroid dienone is 4. The zero-order valence-electron chi connectivity index (χ0n) is 14.2. The molecule has 0 heteroatoms. The Balaban J connectivity index is 3.09. The molecule has 0 bridgehead atoms. The van der Waals surface area contributed by atoms with Crippen molar-refractivity contribution in [3.63, 3.8) is 0 Å². The summed E-state index contributed by atoms with van der Waals surface area (Å²) >= 11 is 0. The zero-order chi connectivity index (χ0) is 14.7. The standard InChI is InChI=1S/C20H38/c1-3-5-7-9-11-13-15-17-19-20-18-16-14-12-10-8-6-4-2/h9,11,13,15H,3-8,10,12,14,16-20H2,1-2H3. The van der Waals surface area contributed by atoms with Crippen LogP contribution >= 0.6 is 0 Å². The van der Waals surface area contributed by atoms with Crippen LogP contribution in [-0.4, -0.2) is 0 Å². The van der Waals surface area contributed by atoms with Crippen molar-refractivity contribution in [3.05, 3.63) is 24.3 Å². The SMILES string of the molecule is CCCCC=CC=CCCCCCCCCCCCC. The number of hydrogen-bond acceptors (Lipinski definition) is 0. The maximum atomic E-state index is 2.33. The predicted octanol–water partition coefficient (Wildman–Crippen LogP) is 7.60. The summed E-state index contributed by atoms with van der Waals surface area (Å²) in [5.41, 5.74) is 0. The second-order valence-electron chi connectivity index (χ2n) is 5.97. The van der Waals surface area contributed by atoms with Crippen LogP contribution in [0.25, 0.3) is 0 Å². The highest BCUT2D eigenvalue weighted by molar-refractivity contribution is 5.02. The third-order valence-corrected chi connectivity index (χ3v) is 3.83. The van der Waals surface area contributed by atoms with Crippen molar-refractivity contribution in [3.8, 4) is 0 Å². The average Bonchev–Trinajstić information content (AvgIpc) is 2.47. The first-order valence-corrected chi connectivity index (χ1v) is 9.23. The van der Waals surface area contributed by atoms with Gasteiger partial charge in [0.2, 0.25) is 0 Å². The molecule has 118 valence electrons. The lowest BCUT2D eigenvalue weighted by molar-refractivity contribution is 0.557. The van der Waals surface area contributed by atoms with Crippen LogP contribution in [0.5, 0.6) is 0 Å². The lowest BCUT2D eigenvalue weighted by Crippen LogP contribution is -1.81. The average molecular weight is 279 g/mol. The van der Waals surface area contributed by atoms with Gasteiger partial charge in [0, 0.05) is 0 Å². The van der Waals surface area contributed by atoms with E-state index in [0.717, 1.165) is 0 Å². The first kappa shape index (κ1) is 19.5. The molecule has 0 aliphatic heterocycles. The minimum atomic E-state index is 1.24. The Kier molecular flexibility index (Phi) is 18.0. The summed E-state index contributed by atoms with van der Waals surface area (Å²) in [5, 5.41) is 0. The first-order valence-electron chi connectivity index (χ1n) is 9.23. The Hall–Kier alpha value is -0.520. The van der Waals surface area contributed by atoms with Gasteiger partial charge in [-0.25, -0.2) is 0 Å². The molecule has 0 rings (SSSR count). The largest absolute Gasteiger partial charge is 0.0845 e. The monoisotopic (exact) mass is 278 g/mol. The van der Waals surface area contributed by atoms with Crippen LogP contribution in [0.4, 0.5) is 0 Å². The van der Waals surface area contributed by atoms with Gasteiger partial charge in [0.25, 0.3) is 0 Å². The summed E-state index contributed by atoms with van der Waals surface area (Å²) in [7, 11) is 0. The third-order valence-electron chi connectivity index (χ3n) is 3.83. The molecule has 0 spiro atoms. The maximum absolute atomic E-state index is 2.33. The van der Waals surface area contributed by atoms with E-state index in [1.807, 2.05) is 0 Å².